The molecule has 0 fully saturated rings. The summed E-state index contributed by atoms with van der Waals surface area (Å²) in [5.41, 5.74) is 4.49. The number of nitrogens with zero attached hydrogens (tertiary/aromatic N) is 2. The number of nitrogens with one attached hydrogen (secondary N) is 3. The van der Waals surface area contributed by atoms with Crippen molar-refractivity contribution in [3.05, 3.63) is 58.1 Å². The average molecular weight is 508 g/mol. The Hall–Kier alpha value is -3.88. The molecule has 9 heteroatoms. The van der Waals surface area contributed by atoms with Crippen LogP contribution in [0.3, 0.4) is 0 Å². The maximum absolute atomic E-state index is 13.3. The summed E-state index contributed by atoms with van der Waals surface area (Å²) in [4.78, 5) is 40.9. The molecule has 0 saturated heterocycles. The fraction of sp³-hybridized carbons (Fsp3) is 0.429. The third-order valence-electron chi connectivity index (χ3n) is 6.63. The van der Waals surface area contributed by atoms with Gasteiger partial charge in [-0.25, -0.2) is 4.79 Å². The second-order valence-corrected chi connectivity index (χ2v) is 10.6. The first kappa shape index (κ1) is 27.7. The van der Waals surface area contributed by atoms with Gasteiger partial charge in [-0.2, -0.15) is 0 Å². The molecular weight excluding hydrogens is 470 g/mol. The molecule has 37 heavy (non-hydrogen) atoms. The van der Waals surface area contributed by atoms with Crippen LogP contribution < -0.4 is 15.5 Å². The van der Waals surface area contributed by atoms with E-state index in [1.165, 1.54) is 0 Å². The molecule has 1 unspecified atom stereocenters. The molecule has 1 atom stereocenters. The number of ketones is 1. The van der Waals surface area contributed by atoms with E-state index >= 15 is 0 Å². The number of carbonyl (C=O) groups excluding carboxylic acids is 2. The SMILES string of the molecule is CCC(Nc1ccc(C(=O)CN2Cc3cc(N(C)C)c(C(=O)NC)cc3C2=N)cc1C(C)(C)C)C(=O)O. The largest absolute Gasteiger partial charge is 0.480 e. The van der Waals surface area contributed by atoms with E-state index in [1.807, 2.05) is 58.8 Å². The Bertz CT molecular complexity index is 1250. The number of aliphatic carboxylic acids is 1. The zero-order valence-electron chi connectivity index (χ0n) is 22.7. The lowest BCUT2D eigenvalue weighted by Crippen LogP contribution is -2.31. The van der Waals surface area contributed by atoms with Gasteiger partial charge in [-0.3, -0.25) is 15.0 Å². The summed E-state index contributed by atoms with van der Waals surface area (Å²) in [5, 5.41) is 23.9. The highest BCUT2D eigenvalue weighted by Gasteiger charge is 2.30. The first-order chi connectivity index (χ1) is 17.3. The third-order valence-corrected chi connectivity index (χ3v) is 6.63. The molecule has 1 amide bonds. The van der Waals surface area contributed by atoms with Crippen molar-refractivity contribution < 1.29 is 19.5 Å². The average Bonchev–Trinajstić information content (AvgIpc) is 3.14. The first-order valence-electron chi connectivity index (χ1n) is 12.4. The molecule has 1 aliphatic heterocycles. The van der Waals surface area contributed by atoms with Crippen molar-refractivity contribution in [2.45, 2.75) is 52.1 Å². The molecular formula is C28H37N5O4. The maximum atomic E-state index is 13.3. The molecule has 1 heterocycles. The summed E-state index contributed by atoms with van der Waals surface area (Å²) in [5.74, 6) is -1.09. The number of amidine groups is 1. The number of carboxylic acid groups (broad SMARTS) is 1. The molecule has 0 saturated carbocycles. The molecule has 0 aromatic heterocycles. The van der Waals surface area contributed by atoms with Crippen LogP contribution in [0, 0.1) is 5.41 Å². The van der Waals surface area contributed by atoms with Gasteiger partial charge < -0.3 is 25.5 Å². The molecule has 0 bridgehead atoms. The molecule has 4 N–H and O–H groups in total. The lowest BCUT2D eigenvalue weighted by atomic mass is 9.84. The molecule has 2 aromatic carbocycles. The third kappa shape index (κ3) is 5.76. The number of rotatable bonds is 9. The van der Waals surface area contributed by atoms with Gasteiger partial charge >= 0.3 is 5.97 Å². The van der Waals surface area contributed by atoms with Crippen LogP contribution in [-0.2, 0) is 16.8 Å². The summed E-state index contributed by atoms with van der Waals surface area (Å²) in [6.07, 6.45) is 0.425. The smallest absolute Gasteiger partial charge is 0.326 e. The fourth-order valence-corrected chi connectivity index (χ4v) is 4.51. The van der Waals surface area contributed by atoms with E-state index in [4.69, 9.17) is 5.41 Å². The normalized spacial score (nSPS) is 13.7. The van der Waals surface area contributed by atoms with E-state index in [0.717, 1.165) is 16.8 Å². The molecule has 1 aliphatic rings. The van der Waals surface area contributed by atoms with Crippen LogP contribution in [-0.4, -0.2) is 67.2 Å². The van der Waals surface area contributed by atoms with E-state index in [1.54, 1.807) is 30.1 Å². The van der Waals surface area contributed by atoms with Gasteiger partial charge in [0.25, 0.3) is 5.91 Å². The first-order valence-corrected chi connectivity index (χ1v) is 12.4. The second kappa shape index (κ2) is 10.6. The highest BCUT2D eigenvalue weighted by Crippen LogP contribution is 2.33. The van der Waals surface area contributed by atoms with Crippen LogP contribution in [0.5, 0.6) is 0 Å². The summed E-state index contributed by atoms with van der Waals surface area (Å²) in [6.45, 7) is 8.27. The van der Waals surface area contributed by atoms with Gasteiger partial charge in [0, 0.05) is 50.2 Å². The van der Waals surface area contributed by atoms with Crippen LogP contribution in [0.4, 0.5) is 11.4 Å². The van der Waals surface area contributed by atoms with Crippen LogP contribution >= 0.6 is 0 Å². The zero-order chi connectivity index (χ0) is 27.7. The molecule has 198 valence electrons. The van der Waals surface area contributed by atoms with E-state index in [2.05, 4.69) is 10.6 Å². The minimum absolute atomic E-state index is 0.0171. The maximum Gasteiger partial charge on any atom is 0.326 e. The fourth-order valence-electron chi connectivity index (χ4n) is 4.51. The van der Waals surface area contributed by atoms with Crippen molar-refractivity contribution >= 4 is 34.9 Å². The number of hydrogen-bond acceptors (Lipinski definition) is 6. The van der Waals surface area contributed by atoms with Crippen LogP contribution in [0.1, 0.15) is 71.5 Å². The van der Waals surface area contributed by atoms with Gasteiger partial charge in [0.15, 0.2) is 5.78 Å². The molecule has 9 nitrogen and oxygen atoms in total. The Morgan fingerprint density at radius 1 is 1.16 bits per heavy atom. The Morgan fingerprint density at radius 2 is 1.84 bits per heavy atom. The summed E-state index contributed by atoms with van der Waals surface area (Å²) >= 11 is 0. The molecule has 3 rings (SSSR count). The predicted octanol–water partition coefficient (Wildman–Crippen LogP) is 3.71. The van der Waals surface area contributed by atoms with Crippen LogP contribution in [0.25, 0.3) is 0 Å². The lowest BCUT2D eigenvalue weighted by molar-refractivity contribution is -0.137. The van der Waals surface area contributed by atoms with E-state index in [9.17, 15) is 19.5 Å². The quantitative estimate of drug-likeness (QED) is 0.381. The number of anilines is 2. The van der Waals surface area contributed by atoms with Crippen LogP contribution in [0.15, 0.2) is 30.3 Å². The highest BCUT2D eigenvalue weighted by molar-refractivity contribution is 6.08. The van der Waals surface area contributed by atoms with E-state index in [0.29, 0.717) is 35.3 Å². The van der Waals surface area contributed by atoms with Gasteiger partial charge in [-0.05, 0) is 53.3 Å². The summed E-state index contributed by atoms with van der Waals surface area (Å²) < 4.78 is 0. The lowest BCUT2D eigenvalue weighted by Gasteiger charge is -2.26. The van der Waals surface area contributed by atoms with Crippen LogP contribution in [0.2, 0.25) is 0 Å². The number of hydrogen-bond donors (Lipinski definition) is 4. The molecule has 0 spiro atoms. The number of benzene rings is 2. The van der Waals surface area contributed by atoms with Crippen molar-refractivity contribution in [3.63, 3.8) is 0 Å². The number of amides is 1. The standard InChI is InChI=1S/C28H37N5O4/c1-8-21(27(36)37)31-22-10-9-16(11-20(22)28(2,3)4)24(34)15-33-14-17-12-23(32(6)7)19(26(35)30-5)13-18(17)25(33)29/h9-13,21,29,31H,8,14-15H2,1-7H3,(H,30,35)(H,36,37). The molecule has 2 aromatic rings. The van der Waals surface area contributed by atoms with Crippen molar-refractivity contribution in [2.75, 3.05) is 37.9 Å². The van der Waals surface area contributed by atoms with Crippen molar-refractivity contribution in [1.29, 1.82) is 5.41 Å². The van der Waals surface area contributed by atoms with Gasteiger partial charge in [-0.1, -0.05) is 27.7 Å². The van der Waals surface area contributed by atoms with Gasteiger partial charge in [0.2, 0.25) is 0 Å². The Kier molecular flexibility index (Phi) is 7.95. The Morgan fingerprint density at radius 3 is 2.38 bits per heavy atom. The van der Waals surface area contributed by atoms with Crippen molar-refractivity contribution in [3.8, 4) is 0 Å². The summed E-state index contributed by atoms with van der Waals surface area (Å²) in [6, 6.07) is 8.19. The van der Waals surface area contributed by atoms with Gasteiger partial charge in [-0.15, -0.1) is 0 Å². The Labute approximate surface area is 218 Å². The number of Topliss-reactive ketones (excluding diaryl/α,β-unsaturated/α-hetero) is 1. The minimum Gasteiger partial charge on any atom is -0.480 e. The highest BCUT2D eigenvalue weighted by atomic mass is 16.4. The van der Waals surface area contributed by atoms with Gasteiger partial charge in [0.05, 0.1) is 12.1 Å². The topological polar surface area (TPSA) is 126 Å². The number of carbonyl (C=O) groups is 3. The van der Waals surface area contributed by atoms with E-state index in [-0.39, 0.29) is 29.5 Å². The number of carboxylic acids is 1. The number of fused-ring (bicyclic) bond motifs is 1. The van der Waals surface area contributed by atoms with Gasteiger partial charge in [0.1, 0.15) is 11.9 Å². The van der Waals surface area contributed by atoms with Crippen molar-refractivity contribution in [1.82, 2.24) is 10.2 Å². The zero-order valence-corrected chi connectivity index (χ0v) is 22.7. The minimum atomic E-state index is -0.924. The van der Waals surface area contributed by atoms with E-state index < -0.39 is 12.0 Å². The van der Waals surface area contributed by atoms with Crippen molar-refractivity contribution in [2.24, 2.45) is 0 Å². The monoisotopic (exact) mass is 507 g/mol. The predicted molar refractivity (Wildman–Crippen MR) is 146 cm³/mol. The summed E-state index contributed by atoms with van der Waals surface area (Å²) in [7, 11) is 5.29. The molecule has 0 radical (unpaired) electrons. The second-order valence-electron chi connectivity index (χ2n) is 10.6. The Balaban J connectivity index is 1.88. The molecule has 0 aliphatic carbocycles.